The predicted octanol–water partition coefficient (Wildman–Crippen LogP) is 10.4. The maximum atomic E-state index is 12.6. The molecule has 0 aromatic heterocycles. The lowest BCUT2D eigenvalue weighted by molar-refractivity contribution is -0.161. The number of ether oxygens (including phenoxy) is 2. The minimum Gasteiger partial charge on any atom is -0.462 e. The van der Waals surface area contributed by atoms with Crippen molar-refractivity contribution in [1.82, 2.24) is 0 Å². The highest BCUT2D eigenvalue weighted by molar-refractivity contribution is 7.47. The predicted molar refractivity (Wildman–Crippen MR) is 210 cm³/mol. The SMILES string of the molecule is CC/C=C\C/C=C\C/C=C\CCCCCCCC(=O)OC[C@H](COP(=O)(O)OC[C@@H](O)CO)OC(=O)CCCCCCCCCCCCCCCC. The molecule has 0 aromatic rings. The fraction of sp³-hybridized carbons (Fsp3) is 0.805. The van der Waals surface area contributed by atoms with Gasteiger partial charge in [0.25, 0.3) is 0 Å². The number of carbonyl (C=O) groups excluding carboxylic acids is 2. The summed E-state index contributed by atoms with van der Waals surface area (Å²) in [6.45, 7) is 2.25. The van der Waals surface area contributed by atoms with Gasteiger partial charge in [0, 0.05) is 12.8 Å². The molecule has 0 radical (unpaired) electrons. The van der Waals surface area contributed by atoms with E-state index in [9.17, 15) is 24.2 Å². The zero-order valence-electron chi connectivity index (χ0n) is 32.8. The third kappa shape index (κ3) is 36.5. The van der Waals surface area contributed by atoms with Crippen LogP contribution in [0.5, 0.6) is 0 Å². The van der Waals surface area contributed by atoms with Gasteiger partial charge in [-0.15, -0.1) is 0 Å². The monoisotopic (exact) mass is 759 g/mol. The maximum Gasteiger partial charge on any atom is 0.472 e. The van der Waals surface area contributed by atoms with Crippen LogP contribution in [-0.4, -0.2) is 65.7 Å². The van der Waals surface area contributed by atoms with Crippen molar-refractivity contribution in [2.75, 3.05) is 26.4 Å². The van der Waals surface area contributed by atoms with E-state index in [1.165, 1.54) is 64.2 Å². The van der Waals surface area contributed by atoms with Crippen LogP contribution in [0.4, 0.5) is 0 Å². The van der Waals surface area contributed by atoms with E-state index in [4.69, 9.17) is 19.1 Å². The lowest BCUT2D eigenvalue weighted by atomic mass is 10.0. The minimum absolute atomic E-state index is 0.183. The second-order valence-corrected chi connectivity index (χ2v) is 15.1. The molecule has 0 aliphatic rings. The third-order valence-corrected chi connectivity index (χ3v) is 9.51. The molecule has 52 heavy (non-hydrogen) atoms. The van der Waals surface area contributed by atoms with E-state index < -0.39 is 51.8 Å². The van der Waals surface area contributed by atoms with Crippen LogP contribution >= 0.6 is 7.82 Å². The molecule has 304 valence electrons. The van der Waals surface area contributed by atoms with Crippen LogP contribution in [0, 0.1) is 0 Å². The van der Waals surface area contributed by atoms with Crippen molar-refractivity contribution in [2.24, 2.45) is 0 Å². The summed E-state index contributed by atoms with van der Waals surface area (Å²) in [7, 11) is -4.62. The van der Waals surface area contributed by atoms with E-state index in [-0.39, 0.29) is 19.4 Å². The number of unbranched alkanes of at least 4 members (excludes halogenated alkanes) is 18. The Morgan fingerprint density at radius 1 is 0.596 bits per heavy atom. The summed E-state index contributed by atoms with van der Waals surface area (Å²) in [6.07, 6.45) is 36.8. The average Bonchev–Trinajstić information content (AvgIpc) is 3.13. The Balaban J connectivity index is 4.34. The standard InChI is InChI=1S/C41H75O10P/c1-3-5-7-9-11-13-15-17-19-21-22-24-26-28-30-32-40(44)48-36-39(37-50-52(46,47)49-35-38(43)34-42)51-41(45)33-31-29-27-25-23-20-18-16-14-12-10-8-6-4-2/h5,7,11,13,17,19,38-39,42-43H,3-4,6,8-10,12,14-16,18,20-37H2,1-2H3,(H,46,47)/b7-5-,13-11-,19-17-/t38-,39+/m0/s1. The molecule has 0 aliphatic heterocycles. The molecule has 11 heteroatoms. The Hall–Kier alpha value is -1.81. The van der Waals surface area contributed by atoms with Gasteiger partial charge >= 0.3 is 19.8 Å². The van der Waals surface area contributed by atoms with Gasteiger partial charge < -0.3 is 24.6 Å². The van der Waals surface area contributed by atoms with Gasteiger partial charge in [-0.05, 0) is 44.9 Å². The van der Waals surface area contributed by atoms with Gasteiger partial charge in [-0.1, -0.05) is 153 Å². The van der Waals surface area contributed by atoms with Gasteiger partial charge in [0.05, 0.1) is 19.8 Å². The summed E-state index contributed by atoms with van der Waals surface area (Å²) in [5.41, 5.74) is 0. The molecule has 0 aromatic carbocycles. The number of rotatable bonds is 38. The summed E-state index contributed by atoms with van der Waals surface area (Å²) in [5, 5.41) is 18.3. The molecule has 3 atom stereocenters. The van der Waals surface area contributed by atoms with Gasteiger partial charge in [0.15, 0.2) is 6.10 Å². The molecule has 1 unspecified atom stereocenters. The Bertz CT molecular complexity index is 967. The summed E-state index contributed by atoms with van der Waals surface area (Å²) < 4.78 is 32.6. The van der Waals surface area contributed by atoms with Crippen LogP contribution in [0.2, 0.25) is 0 Å². The van der Waals surface area contributed by atoms with E-state index in [0.29, 0.717) is 12.8 Å². The summed E-state index contributed by atoms with van der Waals surface area (Å²) >= 11 is 0. The van der Waals surface area contributed by atoms with Crippen LogP contribution in [-0.2, 0) is 32.7 Å². The number of aliphatic hydroxyl groups is 2. The Morgan fingerprint density at radius 3 is 1.60 bits per heavy atom. The first-order valence-corrected chi connectivity index (χ1v) is 21.9. The van der Waals surface area contributed by atoms with Crippen LogP contribution in [0.1, 0.15) is 174 Å². The van der Waals surface area contributed by atoms with Crippen LogP contribution < -0.4 is 0 Å². The molecular formula is C41H75O10P. The van der Waals surface area contributed by atoms with Crippen molar-refractivity contribution < 1.29 is 47.8 Å². The molecule has 0 amide bonds. The van der Waals surface area contributed by atoms with Gasteiger partial charge in [0.1, 0.15) is 12.7 Å². The molecule has 3 N–H and O–H groups in total. The molecule has 0 aliphatic carbocycles. The molecule has 0 saturated heterocycles. The molecule has 0 bridgehead atoms. The second kappa shape index (κ2) is 37.5. The quantitative estimate of drug-likeness (QED) is 0.0240. The van der Waals surface area contributed by atoms with Gasteiger partial charge in [0.2, 0.25) is 0 Å². The number of aliphatic hydroxyl groups excluding tert-OH is 2. The van der Waals surface area contributed by atoms with Crippen molar-refractivity contribution in [1.29, 1.82) is 0 Å². The van der Waals surface area contributed by atoms with Crippen molar-refractivity contribution >= 4 is 19.8 Å². The molecule has 0 heterocycles. The van der Waals surface area contributed by atoms with Crippen LogP contribution in [0.15, 0.2) is 36.5 Å². The normalized spacial score (nSPS) is 14.3. The Morgan fingerprint density at radius 2 is 1.06 bits per heavy atom. The lowest BCUT2D eigenvalue weighted by Gasteiger charge is -2.20. The Labute approximate surface area is 316 Å². The molecule has 0 saturated carbocycles. The summed E-state index contributed by atoms with van der Waals surface area (Å²) in [6, 6.07) is 0. The van der Waals surface area contributed by atoms with Gasteiger partial charge in [-0.25, -0.2) is 4.57 Å². The average molecular weight is 759 g/mol. The fourth-order valence-electron chi connectivity index (χ4n) is 5.42. The lowest BCUT2D eigenvalue weighted by Crippen LogP contribution is -2.29. The Kier molecular flexibility index (Phi) is 36.2. The third-order valence-electron chi connectivity index (χ3n) is 8.56. The molecule has 0 rings (SSSR count). The first-order valence-electron chi connectivity index (χ1n) is 20.4. The van der Waals surface area contributed by atoms with Crippen molar-refractivity contribution in [3.8, 4) is 0 Å². The van der Waals surface area contributed by atoms with E-state index in [1.807, 2.05) is 0 Å². The highest BCUT2D eigenvalue weighted by atomic mass is 31.2. The molecular weight excluding hydrogens is 683 g/mol. The fourth-order valence-corrected chi connectivity index (χ4v) is 6.21. The molecule has 0 spiro atoms. The number of allylic oxidation sites excluding steroid dienone is 6. The number of carbonyl (C=O) groups is 2. The van der Waals surface area contributed by atoms with Crippen molar-refractivity contribution in [2.45, 2.75) is 187 Å². The number of esters is 2. The first kappa shape index (κ1) is 50.2. The molecule has 10 nitrogen and oxygen atoms in total. The number of phosphoric acid groups is 1. The second-order valence-electron chi connectivity index (χ2n) is 13.6. The smallest absolute Gasteiger partial charge is 0.462 e. The van der Waals surface area contributed by atoms with Crippen molar-refractivity contribution in [3.63, 3.8) is 0 Å². The number of hydrogen-bond acceptors (Lipinski definition) is 9. The zero-order valence-corrected chi connectivity index (χ0v) is 33.7. The topological polar surface area (TPSA) is 149 Å². The highest BCUT2D eigenvalue weighted by Gasteiger charge is 2.27. The van der Waals surface area contributed by atoms with Crippen LogP contribution in [0.25, 0.3) is 0 Å². The molecule has 0 fully saturated rings. The minimum atomic E-state index is -4.62. The van der Waals surface area contributed by atoms with Crippen molar-refractivity contribution in [3.05, 3.63) is 36.5 Å². The highest BCUT2D eigenvalue weighted by Crippen LogP contribution is 2.43. The van der Waals surface area contributed by atoms with Gasteiger partial charge in [-0.2, -0.15) is 0 Å². The van der Waals surface area contributed by atoms with E-state index >= 15 is 0 Å². The van der Waals surface area contributed by atoms with E-state index in [1.54, 1.807) is 0 Å². The van der Waals surface area contributed by atoms with E-state index in [0.717, 1.165) is 70.6 Å². The number of hydrogen-bond donors (Lipinski definition) is 3. The zero-order chi connectivity index (χ0) is 38.4. The largest absolute Gasteiger partial charge is 0.472 e. The summed E-state index contributed by atoms with van der Waals surface area (Å²) in [5.74, 6) is -0.942. The number of phosphoric ester groups is 1. The van der Waals surface area contributed by atoms with Crippen LogP contribution in [0.3, 0.4) is 0 Å². The first-order chi connectivity index (χ1) is 25.2. The van der Waals surface area contributed by atoms with Gasteiger partial charge in [-0.3, -0.25) is 18.6 Å². The summed E-state index contributed by atoms with van der Waals surface area (Å²) in [4.78, 5) is 34.9. The van der Waals surface area contributed by atoms with E-state index in [2.05, 4.69) is 54.8 Å². The maximum absolute atomic E-state index is 12.6.